The Morgan fingerprint density at radius 2 is 2.29 bits per heavy atom. The summed E-state index contributed by atoms with van der Waals surface area (Å²) in [6.45, 7) is 0.608. The molecule has 1 aromatic heterocycles. The van der Waals surface area contributed by atoms with Crippen molar-refractivity contribution in [1.82, 2.24) is 15.5 Å². The predicted molar refractivity (Wildman–Crippen MR) is 58.9 cm³/mol. The Labute approximate surface area is 98.7 Å². The number of Topliss-reactive ketones (excluding diaryl/α,β-unsaturated/α-hetero) is 1. The van der Waals surface area contributed by atoms with Crippen molar-refractivity contribution in [3.8, 4) is 0 Å². The van der Waals surface area contributed by atoms with Crippen LogP contribution in [0.2, 0.25) is 0 Å². The van der Waals surface area contributed by atoms with Gasteiger partial charge in [-0.25, -0.2) is 8.42 Å². The van der Waals surface area contributed by atoms with Crippen molar-refractivity contribution in [2.45, 2.75) is 29.7 Å². The van der Waals surface area contributed by atoms with E-state index in [4.69, 9.17) is 0 Å². The van der Waals surface area contributed by atoms with Gasteiger partial charge in [-0.05, 0) is 12.5 Å². The van der Waals surface area contributed by atoms with Gasteiger partial charge in [0.1, 0.15) is 11.2 Å². The van der Waals surface area contributed by atoms with E-state index in [0.29, 0.717) is 25.8 Å². The summed E-state index contributed by atoms with van der Waals surface area (Å²) in [5.41, 5.74) is -0.388. The smallest absolute Gasteiger partial charge is 0.211 e. The summed E-state index contributed by atoms with van der Waals surface area (Å²) < 4.78 is 24.6. The second kappa shape index (κ2) is 3.39. The van der Waals surface area contributed by atoms with Gasteiger partial charge in [0.15, 0.2) is 5.03 Å². The van der Waals surface area contributed by atoms with Crippen molar-refractivity contribution in [2.24, 2.45) is 5.41 Å². The molecular weight excluding hydrogens is 242 g/mol. The molecule has 2 unspecified atom stereocenters. The van der Waals surface area contributed by atoms with Gasteiger partial charge in [-0.3, -0.25) is 15.2 Å². The first-order valence-electron chi connectivity index (χ1n) is 5.53. The van der Waals surface area contributed by atoms with E-state index in [1.807, 2.05) is 0 Å². The highest BCUT2D eigenvalue weighted by Crippen LogP contribution is 2.46. The van der Waals surface area contributed by atoms with Crippen LogP contribution in [0.5, 0.6) is 0 Å². The quantitative estimate of drug-likeness (QED) is 0.767. The lowest BCUT2D eigenvalue weighted by Crippen LogP contribution is -2.64. The predicted octanol–water partition coefficient (Wildman–Crippen LogP) is -0.148. The first-order chi connectivity index (χ1) is 8.05. The van der Waals surface area contributed by atoms with E-state index < -0.39 is 15.2 Å². The highest BCUT2D eigenvalue weighted by atomic mass is 32.2. The number of nitrogens with zero attached hydrogens (tertiary/aromatic N) is 1. The second-order valence-electron chi connectivity index (χ2n) is 4.80. The van der Waals surface area contributed by atoms with Crippen LogP contribution in [0.4, 0.5) is 0 Å². The third kappa shape index (κ3) is 1.45. The van der Waals surface area contributed by atoms with E-state index in [9.17, 15) is 13.2 Å². The number of aromatic nitrogens is 2. The van der Waals surface area contributed by atoms with Crippen LogP contribution in [-0.4, -0.2) is 36.3 Å². The van der Waals surface area contributed by atoms with E-state index in [0.717, 1.165) is 0 Å². The fourth-order valence-electron chi connectivity index (χ4n) is 2.77. The fourth-order valence-corrected chi connectivity index (χ4v) is 4.70. The van der Waals surface area contributed by atoms with E-state index in [1.54, 1.807) is 0 Å². The minimum absolute atomic E-state index is 0.119. The zero-order valence-electron chi connectivity index (χ0n) is 9.14. The highest BCUT2D eigenvalue weighted by Gasteiger charge is 2.57. The minimum Gasteiger partial charge on any atom is -0.300 e. The Balaban J connectivity index is 1.94. The summed E-state index contributed by atoms with van der Waals surface area (Å²) in [7, 11) is -3.46. The van der Waals surface area contributed by atoms with Crippen molar-refractivity contribution >= 4 is 15.6 Å². The standard InChI is InChI=1S/C10H13N3O3S/c14-7-1-3-10(5-7)6-11-9(10)17(15,16)8-2-4-12-13-8/h2,4,9,11H,1,3,5-6H2,(H,12,13). The summed E-state index contributed by atoms with van der Waals surface area (Å²) in [5.74, 6) is 0.163. The molecule has 7 heteroatoms. The average molecular weight is 255 g/mol. The maximum atomic E-state index is 12.3. The Bertz CT molecular complexity index is 551. The molecule has 1 aliphatic carbocycles. The number of nitrogens with one attached hydrogen (secondary N) is 2. The topological polar surface area (TPSA) is 91.9 Å². The molecule has 2 atom stereocenters. The van der Waals surface area contributed by atoms with Crippen LogP contribution in [0.1, 0.15) is 19.3 Å². The first-order valence-corrected chi connectivity index (χ1v) is 7.08. The lowest BCUT2D eigenvalue weighted by molar-refractivity contribution is -0.118. The van der Waals surface area contributed by atoms with Crippen molar-refractivity contribution in [3.05, 3.63) is 12.3 Å². The molecule has 1 spiro atoms. The largest absolute Gasteiger partial charge is 0.300 e. The molecule has 92 valence electrons. The SMILES string of the molecule is O=C1CCC2(CNC2S(=O)(=O)c2ccn[nH]2)C1. The third-order valence-electron chi connectivity index (χ3n) is 3.74. The molecule has 0 aromatic carbocycles. The van der Waals surface area contributed by atoms with E-state index >= 15 is 0 Å². The normalized spacial score (nSPS) is 32.9. The van der Waals surface area contributed by atoms with Crippen LogP contribution >= 0.6 is 0 Å². The average Bonchev–Trinajstić information content (AvgIpc) is 2.84. The van der Waals surface area contributed by atoms with Crippen molar-refractivity contribution in [1.29, 1.82) is 0 Å². The molecule has 6 nitrogen and oxygen atoms in total. The number of H-pyrrole nitrogens is 1. The molecule has 0 bridgehead atoms. The number of hydrogen-bond acceptors (Lipinski definition) is 5. The fraction of sp³-hybridized carbons (Fsp3) is 0.600. The van der Waals surface area contributed by atoms with Gasteiger partial charge >= 0.3 is 0 Å². The molecule has 2 fully saturated rings. The number of aromatic amines is 1. The van der Waals surface area contributed by atoms with Gasteiger partial charge < -0.3 is 0 Å². The van der Waals surface area contributed by atoms with Crippen LogP contribution in [-0.2, 0) is 14.6 Å². The molecule has 17 heavy (non-hydrogen) atoms. The molecule has 2 heterocycles. The molecule has 1 aromatic rings. The monoisotopic (exact) mass is 255 g/mol. The van der Waals surface area contributed by atoms with Crippen LogP contribution < -0.4 is 5.32 Å². The lowest BCUT2D eigenvalue weighted by atomic mass is 9.80. The molecule has 0 radical (unpaired) electrons. The lowest BCUT2D eigenvalue weighted by Gasteiger charge is -2.46. The van der Waals surface area contributed by atoms with Gasteiger partial charge in [-0.15, -0.1) is 0 Å². The number of ketones is 1. The highest BCUT2D eigenvalue weighted by molar-refractivity contribution is 7.92. The summed E-state index contributed by atoms with van der Waals surface area (Å²) in [6, 6.07) is 1.44. The van der Waals surface area contributed by atoms with Crippen LogP contribution in [0, 0.1) is 5.41 Å². The number of carbonyl (C=O) groups is 1. The Morgan fingerprint density at radius 3 is 2.76 bits per heavy atom. The molecular formula is C10H13N3O3S. The zero-order chi connectivity index (χ0) is 12.1. The molecule has 1 saturated carbocycles. The maximum Gasteiger partial charge on any atom is 0.211 e. The third-order valence-corrected chi connectivity index (χ3v) is 5.87. The molecule has 1 saturated heterocycles. The van der Waals surface area contributed by atoms with Crippen molar-refractivity contribution < 1.29 is 13.2 Å². The molecule has 2 aliphatic rings. The van der Waals surface area contributed by atoms with E-state index in [2.05, 4.69) is 15.5 Å². The zero-order valence-corrected chi connectivity index (χ0v) is 9.96. The van der Waals surface area contributed by atoms with Crippen LogP contribution in [0.3, 0.4) is 0 Å². The van der Waals surface area contributed by atoms with Gasteiger partial charge in [0.05, 0.1) is 6.20 Å². The molecule has 1 aliphatic heterocycles. The summed E-state index contributed by atoms with van der Waals surface area (Å²) in [6.07, 6.45) is 2.95. The van der Waals surface area contributed by atoms with Gasteiger partial charge in [-0.1, -0.05) is 0 Å². The molecule has 2 N–H and O–H groups in total. The maximum absolute atomic E-state index is 12.3. The van der Waals surface area contributed by atoms with Gasteiger partial charge in [0.25, 0.3) is 0 Å². The van der Waals surface area contributed by atoms with E-state index in [1.165, 1.54) is 12.3 Å². The summed E-state index contributed by atoms with van der Waals surface area (Å²) in [4.78, 5) is 11.4. The second-order valence-corrected chi connectivity index (χ2v) is 6.81. The Kier molecular flexibility index (Phi) is 2.18. The van der Waals surface area contributed by atoms with Gasteiger partial charge in [-0.2, -0.15) is 5.10 Å². The molecule has 0 amide bonds. The summed E-state index contributed by atoms with van der Waals surface area (Å²) in [5, 5.41) is 8.55. The first kappa shape index (κ1) is 10.9. The number of carbonyl (C=O) groups excluding carboxylic acids is 1. The minimum atomic E-state index is -3.46. The van der Waals surface area contributed by atoms with Crippen molar-refractivity contribution in [2.75, 3.05) is 6.54 Å². The molecule has 3 rings (SSSR count). The van der Waals surface area contributed by atoms with Gasteiger partial charge in [0, 0.05) is 24.8 Å². The summed E-state index contributed by atoms with van der Waals surface area (Å²) >= 11 is 0. The Morgan fingerprint density at radius 1 is 1.47 bits per heavy atom. The van der Waals surface area contributed by atoms with Gasteiger partial charge in [0.2, 0.25) is 9.84 Å². The Hall–Kier alpha value is -1.21. The van der Waals surface area contributed by atoms with Crippen molar-refractivity contribution in [3.63, 3.8) is 0 Å². The van der Waals surface area contributed by atoms with Crippen LogP contribution in [0.15, 0.2) is 17.3 Å². The number of sulfone groups is 1. The number of rotatable bonds is 2. The van der Waals surface area contributed by atoms with Crippen LogP contribution in [0.25, 0.3) is 0 Å². The van der Waals surface area contributed by atoms with E-state index in [-0.39, 0.29) is 16.2 Å². The number of hydrogen-bond donors (Lipinski definition) is 2.